The number of halogens is 1. The second kappa shape index (κ2) is 7.42. The number of rotatable bonds is 7. The summed E-state index contributed by atoms with van der Waals surface area (Å²) in [6, 6.07) is 5.53. The zero-order valence-electron chi connectivity index (χ0n) is 11.6. The fraction of sp³-hybridized carbons (Fsp3) is 0.385. The number of carbonyl (C=O) groups is 1. The number of carbonyl (C=O) groups excluding carboxylic acids is 1. The first-order chi connectivity index (χ1) is 10.1. The summed E-state index contributed by atoms with van der Waals surface area (Å²) in [5.41, 5.74) is 6.05. The highest BCUT2D eigenvalue weighted by Gasteiger charge is 2.12. The number of aromatic nitrogens is 4. The molecule has 2 aromatic heterocycles. The molecule has 2 N–H and O–H groups in total. The first-order valence-electron chi connectivity index (χ1n) is 6.54. The Balaban J connectivity index is 2.04. The summed E-state index contributed by atoms with van der Waals surface area (Å²) < 4.78 is 1.98. The second-order valence-corrected chi connectivity index (χ2v) is 5.68. The molecule has 2 rings (SSSR count). The summed E-state index contributed by atoms with van der Waals surface area (Å²) in [6.07, 6.45) is 0.783. The van der Waals surface area contributed by atoms with E-state index in [1.807, 2.05) is 23.6 Å². The quantitative estimate of drug-likeness (QED) is 0.622. The summed E-state index contributed by atoms with van der Waals surface area (Å²) in [5, 5.41) is 9.58. The topological polar surface area (TPSA) is 86.7 Å². The molecule has 0 aromatic carbocycles. The van der Waals surface area contributed by atoms with Crippen molar-refractivity contribution in [1.29, 1.82) is 0 Å². The van der Waals surface area contributed by atoms with Crippen LogP contribution < -0.4 is 5.73 Å². The molecule has 0 aliphatic carbocycles. The van der Waals surface area contributed by atoms with E-state index in [9.17, 15) is 4.79 Å². The minimum Gasteiger partial charge on any atom is -0.370 e. The van der Waals surface area contributed by atoms with Crippen LogP contribution in [0.4, 0.5) is 0 Å². The third-order valence-corrected chi connectivity index (χ3v) is 4.04. The lowest BCUT2D eigenvalue weighted by molar-refractivity contribution is -0.118. The zero-order chi connectivity index (χ0) is 15.2. The molecular weight excluding hydrogens is 310 g/mol. The van der Waals surface area contributed by atoms with Gasteiger partial charge in [0.1, 0.15) is 11.0 Å². The van der Waals surface area contributed by atoms with Gasteiger partial charge >= 0.3 is 0 Å². The van der Waals surface area contributed by atoms with Gasteiger partial charge in [0.15, 0.2) is 5.16 Å². The number of nitrogens with zero attached hydrogens (tertiary/aromatic N) is 4. The van der Waals surface area contributed by atoms with Gasteiger partial charge in [-0.15, -0.1) is 10.2 Å². The number of hydrogen-bond donors (Lipinski definition) is 1. The van der Waals surface area contributed by atoms with Crippen LogP contribution in [0.3, 0.4) is 0 Å². The van der Waals surface area contributed by atoms with Gasteiger partial charge in [-0.2, -0.15) is 0 Å². The lowest BCUT2D eigenvalue weighted by Gasteiger charge is -2.06. The molecule has 0 aliphatic heterocycles. The number of thioether (sulfide) groups is 1. The van der Waals surface area contributed by atoms with E-state index in [1.165, 1.54) is 0 Å². The lowest BCUT2D eigenvalue weighted by Crippen LogP contribution is -2.13. The van der Waals surface area contributed by atoms with E-state index in [0.29, 0.717) is 17.3 Å². The minimum absolute atomic E-state index is 0.276. The third-order valence-electron chi connectivity index (χ3n) is 2.83. The second-order valence-electron chi connectivity index (χ2n) is 4.35. The molecule has 1 amide bonds. The molecule has 0 fully saturated rings. The summed E-state index contributed by atoms with van der Waals surface area (Å²) in [5.74, 6) is 1.10. The van der Waals surface area contributed by atoms with Gasteiger partial charge in [0.25, 0.3) is 0 Å². The van der Waals surface area contributed by atoms with Gasteiger partial charge in [0.05, 0.1) is 5.69 Å². The monoisotopic (exact) mass is 325 g/mol. The van der Waals surface area contributed by atoms with E-state index in [-0.39, 0.29) is 12.3 Å². The van der Waals surface area contributed by atoms with Crippen molar-refractivity contribution in [3.63, 3.8) is 0 Å². The third kappa shape index (κ3) is 4.44. The highest BCUT2D eigenvalue weighted by atomic mass is 35.5. The number of amides is 1. The van der Waals surface area contributed by atoms with Crippen molar-refractivity contribution in [2.24, 2.45) is 5.73 Å². The van der Waals surface area contributed by atoms with Gasteiger partial charge < -0.3 is 10.3 Å². The molecule has 0 saturated carbocycles. The van der Waals surface area contributed by atoms with Gasteiger partial charge in [0.2, 0.25) is 5.91 Å². The molecule has 21 heavy (non-hydrogen) atoms. The Morgan fingerprint density at radius 1 is 1.43 bits per heavy atom. The standard InChI is InChI=1S/C13H16ClN5OS/c1-2-19-12(7-6-11(15)20)17-18-13(19)21-8-9-4-3-5-10(14)16-9/h3-5H,2,6-8H2,1H3,(H2,15,20). The average Bonchev–Trinajstić information content (AvgIpc) is 2.85. The lowest BCUT2D eigenvalue weighted by atomic mass is 10.3. The maximum atomic E-state index is 10.9. The van der Waals surface area contributed by atoms with E-state index >= 15 is 0 Å². The van der Waals surface area contributed by atoms with Crippen LogP contribution in [0.2, 0.25) is 5.15 Å². The molecule has 2 aromatic rings. The van der Waals surface area contributed by atoms with Crippen molar-refractivity contribution >= 4 is 29.3 Å². The number of primary amides is 1. The van der Waals surface area contributed by atoms with E-state index in [4.69, 9.17) is 17.3 Å². The molecule has 0 aliphatic rings. The van der Waals surface area contributed by atoms with Crippen molar-refractivity contribution in [2.75, 3.05) is 0 Å². The van der Waals surface area contributed by atoms with Crippen LogP contribution in [-0.4, -0.2) is 25.7 Å². The van der Waals surface area contributed by atoms with Crippen molar-refractivity contribution in [2.45, 2.75) is 37.2 Å². The summed E-state index contributed by atoms with van der Waals surface area (Å²) in [4.78, 5) is 15.1. The van der Waals surface area contributed by atoms with Gasteiger partial charge in [-0.1, -0.05) is 29.4 Å². The normalized spacial score (nSPS) is 10.8. The molecule has 0 unspecified atom stereocenters. The van der Waals surface area contributed by atoms with Crippen LogP contribution >= 0.6 is 23.4 Å². The first-order valence-corrected chi connectivity index (χ1v) is 7.91. The molecular formula is C13H16ClN5OS. The molecule has 0 saturated heterocycles. The molecule has 0 atom stereocenters. The van der Waals surface area contributed by atoms with Gasteiger partial charge in [-0.25, -0.2) is 4.98 Å². The van der Waals surface area contributed by atoms with Crippen LogP contribution in [0.5, 0.6) is 0 Å². The molecule has 6 nitrogen and oxygen atoms in total. The van der Waals surface area contributed by atoms with Crippen LogP contribution in [-0.2, 0) is 23.5 Å². The average molecular weight is 326 g/mol. The van der Waals surface area contributed by atoms with Crippen LogP contribution in [0.25, 0.3) is 0 Å². The fourth-order valence-corrected chi connectivity index (χ4v) is 2.94. The predicted octanol–water partition coefficient (Wildman–Crippen LogP) is 2.06. The van der Waals surface area contributed by atoms with E-state index in [2.05, 4.69) is 15.2 Å². The maximum absolute atomic E-state index is 10.9. The van der Waals surface area contributed by atoms with Crippen molar-refractivity contribution in [1.82, 2.24) is 19.7 Å². The predicted molar refractivity (Wildman–Crippen MR) is 82.0 cm³/mol. The van der Waals surface area contributed by atoms with Crippen molar-refractivity contribution in [3.8, 4) is 0 Å². The van der Waals surface area contributed by atoms with Gasteiger partial charge in [-0.05, 0) is 19.1 Å². The highest BCUT2D eigenvalue weighted by molar-refractivity contribution is 7.98. The van der Waals surface area contributed by atoms with Gasteiger partial charge in [-0.3, -0.25) is 4.79 Å². The summed E-state index contributed by atoms with van der Waals surface area (Å²) >= 11 is 7.40. The van der Waals surface area contributed by atoms with E-state index in [0.717, 1.165) is 23.2 Å². The Labute approximate surface area is 132 Å². The van der Waals surface area contributed by atoms with Crippen LogP contribution in [0, 0.1) is 0 Å². The van der Waals surface area contributed by atoms with Crippen LogP contribution in [0.1, 0.15) is 24.9 Å². The van der Waals surface area contributed by atoms with Crippen molar-refractivity contribution < 1.29 is 4.79 Å². The molecule has 2 heterocycles. The van der Waals surface area contributed by atoms with Crippen molar-refractivity contribution in [3.05, 3.63) is 34.9 Å². The Kier molecular flexibility index (Phi) is 5.58. The Bertz CT molecular complexity index is 631. The van der Waals surface area contributed by atoms with Gasteiger partial charge in [0, 0.05) is 25.1 Å². The maximum Gasteiger partial charge on any atom is 0.217 e. The molecule has 112 valence electrons. The number of hydrogen-bond acceptors (Lipinski definition) is 5. The fourth-order valence-electron chi connectivity index (χ4n) is 1.83. The smallest absolute Gasteiger partial charge is 0.217 e. The Hall–Kier alpha value is -1.60. The number of nitrogens with two attached hydrogens (primary N) is 1. The summed E-state index contributed by atoms with van der Waals surface area (Å²) in [6.45, 7) is 2.76. The summed E-state index contributed by atoms with van der Waals surface area (Å²) in [7, 11) is 0. The molecule has 0 radical (unpaired) electrons. The Morgan fingerprint density at radius 3 is 2.90 bits per heavy atom. The van der Waals surface area contributed by atoms with E-state index in [1.54, 1.807) is 17.8 Å². The SMILES string of the molecule is CCn1c(CCC(N)=O)nnc1SCc1cccc(Cl)n1. The van der Waals surface area contributed by atoms with E-state index < -0.39 is 0 Å². The number of pyridine rings is 1. The first kappa shape index (κ1) is 15.8. The van der Waals surface area contributed by atoms with Crippen LogP contribution in [0.15, 0.2) is 23.4 Å². The molecule has 0 spiro atoms. The zero-order valence-corrected chi connectivity index (χ0v) is 13.2. The number of aryl methyl sites for hydroxylation is 1. The largest absolute Gasteiger partial charge is 0.370 e. The Morgan fingerprint density at radius 2 is 2.24 bits per heavy atom. The molecule has 0 bridgehead atoms. The highest BCUT2D eigenvalue weighted by Crippen LogP contribution is 2.22. The minimum atomic E-state index is -0.335. The molecule has 8 heteroatoms.